The Morgan fingerprint density at radius 3 is 2.72 bits per heavy atom. The second kappa shape index (κ2) is 8.78. The Morgan fingerprint density at radius 1 is 1.03 bits per heavy atom. The summed E-state index contributed by atoms with van der Waals surface area (Å²) in [5.74, 6) is 1.19. The van der Waals surface area contributed by atoms with E-state index in [1.807, 2.05) is 45.8 Å². The average molecular weight is 430 g/mol. The van der Waals surface area contributed by atoms with Gasteiger partial charge in [-0.3, -0.25) is 9.20 Å². The third kappa shape index (κ3) is 4.06. The predicted octanol–water partition coefficient (Wildman–Crippen LogP) is 4.47. The summed E-state index contributed by atoms with van der Waals surface area (Å²) in [6.45, 7) is 1.54. The summed E-state index contributed by atoms with van der Waals surface area (Å²) in [5.41, 5.74) is 2.18. The van der Waals surface area contributed by atoms with Gasteiger partial charge < -0.3 is 9.64 Å². The minimum absolute atomic E-state index is 0.0572. The highest BCUT2D eigenvalue weighted by Crippen LogP contribution is 2.29. The maximum absolute atomic E-state index is 13.4. The van der Waals surface area contributed by atoms with E-state index >= 15 is 0 Å². The van der Waals surface area contributed by atoms with Crippen LogP contribution in [0.4, 0.5) is 4.39 Å². The molecule has 6 nitrogen and oxygen atoms in total. The normalized spacial score (nSPS) is 16.3. The van der Waals surface area contributed by atoms with Crippen molar-refractivity contribution in [2.75, 3.05) is 13.1 Å². The van der Waals surface area contributed by atoms with Crippen molar-refractivity contribution in [3.05, 3.63) is 95.7 Å². The summed E-state index contributed by atoms with van der Waals surface area (Å²) in [7, 11) is 0. The summed E-state index contributed by atoms with van der Waals surface area (Å²) in [4.78, 5) is 15.3. The van der Waals surface area contributed by atoms with Gasteiger partial charge in [0.2, 0.25) is 0 Å². The number of aromatic nitrogens is 3. The molecule has 1 amide bonds. The maximum Gasteiger partial charge on any atom is 0.257 e. The summed E-state index contributed by atoms with van der Waals surface area (Å²) >= 11 is 0. The monoisotopic (exact) mass is 430 g/mol. The van der Waals surface area contributed by atoms with Gasteiger partial charge in [-0.25, -0.2) is 4.39 Å². The van der Waals surface area contributed by atoms with Crippen LogP contribution < -0.4 is 4.74 Å². The first-order valence-electron chi connectivity index (χ1n) is 10.7. The van der Waals surface area contributed by atoms with Gasteiger partial charge in [-0.15, -0.1) is 10.2 Å². The highest BCUT2D eigenvalue weighted by atomic mass is 19.1. The topological polar surface area (TPSA) is 59.7 Å². The van der Waals surface area contributed by atoms with Crippen LogP contribution in [0.15, 0.2) is 72.9 Å². The third-order valence-corrected chi connectivity index (χ3v) is 5.84. The predicted molar refractivity (Wildman–Crippen MR) is 118 cm³/mol. The van der Waals surface area contributed by atoms with Crippen LogP contribution in [0.3, 0.4) is 0 Å². The largest absolute Gasteiger partial charge is 0.488 e. The molecule has 2 aromatic carbocycles. The Labute approximate surface area is 185 Å². The molecule has 0 N–H and O–H groups in total. The molecule has 1 fully saturated rings. The molecule has 1 atom stereocenters. The van der Waals surface area contributed by atoms with E-state index in [1.165, 1.54) is 12.1 Å². The number of rotatable bonds is 5. The quantitative estimate of drug-likeness (QED) is 0.469. The van der Waals surface area contributed by atoms with E-state index in [2.05, 4.69) is 10.2 Å². The van der Waals surface area contributed by atoms with Crippen molar-refractivity contribution < 1.29 is 13.9 Å². The third-order valence-electron chi connectivity index (χ3n) is 5.84. The zero-order chi connectivity index (χ0) is 21.9. The summed E-state index contributed by atoms with van der Waals surface area (Å²) in [6, 6.07) is 19.3. The average Bonchev–Trinajstić information content (AvgIpc) is 3.28. The van der Waals surface area contributed by atoms with Crippen molar-refractivity contribution in [2.24, 2.45) is 0 Å². The molecule has 1 saturated heterocycles. The number of pyridine rings is 1. The molecule has 0 saturated carbocycles. The number of carbonyl (C=O) groups is 1. The molecular weight excluding hydrogens is 407 g/mol. The van der Waals surface area contributed by atoms with Crippen LogP contribution in [0.25, 0.3) is 5.65 Å². The number of likely N-dealkylation sites (tertiary alicyclic amines) is 1. The molecule has 0 bridgehead atoms. The number of amides is 1. The van der Waals surface area contributed by atoms with Crippen molar-refractivity contribution in [1.29, 1.82) is 0 Å². The second-order valence-corrected chi connectivity index (χ2v) is 7.99. The van der Waals surface area contributed by atoms with E-state index in [-0.39, 0.29) is 24.2 Å². The Bertz CT molecular complexity index is 1240. The molecule has 1 aliphatic rings. The Hall–Kier alpha value is -3.74. The van der Waals surface area contributed by atoms with Crippen molar-refractivity contribution in [1.82, 2.24) is 19.5 Å². The highest BCUT2D eigenvalue weighted by molar-refractivity contribution is 5.97. The second-order valence-electron chi connectivity index (χ2n) is 7.99. The van der Waals surface area contributed by atoms with Crippen molar-refractivity contribution >= 4 is 11.6 Å². The smallest absolute Gasteiger partial charge is 0.257 e. The summed E-state index contributed by atoms with van der Waals surface area (Å²) < 4.78 is 21.1. The lowest BCUT2D eigenvalue weighted by atomic mass is 9.96. The fraction of sp³-hybridized carbons (Fsp3) is 0.240. The van der Waals surface area contributed by atoms with Crippen LogP contribution in [0.1, 0.15) is 40.5 Å². The van der Waals surface area contributed by atoms with Crippen LogP contribution in [0, 0.1) is 5.82 Å². The number of para-hydroxylation sites is 1. The number of hydrogen-bond acceptors (Lipinski definition) is 4. The molecule has 162 valence electrons. The molecular formula is C25H23FN4O2. The summed E-state index contributed by atoms with van der Waals surface area (Å²) in [6.07, 6.45) is 3.82. The first kappa shape index (κ1) is 20.2. The van der Waals surface area contributed by atoms with E-state index in [1.54, 1.807) is 24.3 Å². The van der Waals surface area contributed by atoms with Gasteiger partial charge in [0.05, 0.1) is 5.56 Å². The van der Waals surface area contributed by atoms with Crippen molar-refractivity contribution in [2.45, 2.75) is 25.4 Å². The van der Waals surface area contributed by atoms with E-state index in [0.717, 1.165) is 29.9 Å². The zero-order valence-electron chi connectivity index (χ0n) is 17.5. The fourth-order valence-corrected chi connectivity index (χ4v) is 4.19. The Balaban J connectivity index is 1.33. The number of nitrogens with zero attached hydrogens (tertiary/aromatic N) is 4. The standard InChI is InChI=1S/C25H23FN4O2/c26-20-12-10-18(11-13-20)17-32-22-8-2-1-7-21(22)25(31)29-14-5-6-19(16-29)24-28-27-23-9-3-4-15-30(23)24/h1-4,7-13,15,19H,5-6,14,16-17H2. The molecule has 7 heteroatoms. The van der Waals surface area contributed by atoms with Crippen LogP contribution in [-0.4, -0.2) is 38.5 Å². The van der Waals surface area contributed by atoms with Gasteiger partial charge in [0.1, 0.15) is 24.0 Å². The molecule has 1 aliphatic heterocycles. The first-order chi connectivity index (χ1) is 15.7. The van der Waals surface area contributed by atoms with Gasteiger partial charge in [0.25, 0.3) is 5.91 Å². The molecule has 1 unspecified atom stereocenters. The number of carbonyl (C=O) groups excluding carboxylic acids is 1. The lowest BCUT2D eigenvalue weighted by Gasteiger charge is -2.32. The van der Waals surface area contributed by atoms with Crippen LogP contribution in [-0.2, 0) is 6.61 Å². The van der Waals surface area contributed by atoms with E-state index in [4.69, 9.17) is 4.74 Å². The Kier molecular flexibility index (Phi) is 5.54. The van der Waals surface area contributed by atoms with Gasteiger partial charge in [-0.2, -0.15) is 0 Å². The molecule has 32 heavy (non-hydrogen) atoms. The minimum Gasteiger partial charge on any atom is -0.488 e. The van der Waals surface area contributed by atoms with E-state index < -0.39 is 0 Å². The van der Waals surface area contributed by atoms with Gasteiger partial charge in [-0.1, -0.05) is 30.3 Å². The Morgan fingerprint density at radius 2 is 1.84 bits per heavy atom. The fourth-order valence-electron chi connectivity index (χ4n) is 4.19. The number of piperidine rings is 1. The molecule has 0 spiro atoms. The number of benzene rings is 2. The van der Waals surface area contributed by atoms with E-state index in [9.17, 15) is 9.18 Å². The SMILES string of the molecule is O=C(c1ccccc1OCc1ccc(F)cc1)N1CCCC(c2nnc3ccccn23)C1. The molecule has 0 radical (unpaired) electrons. The van der Waals surface area contributed by atoms with Crippen LogP contribution in [0.2, 0.25) is 0 Å². The van der Waals surface area contributed by atoms with Gasteiger partial charge in [-0.05, 0) is 54.8 Å². The van der Waals surface area contributed by atoms with Crippen LogP contribution in [0.5, 0.6) is 5.75 Å². The zero-order valence-corrected chi connectivity index (χ0v) is 17.5. The lowest BCUT2D eigenvalue weighted by Crippen LogP contribution is -2.39. The number of hydrogen-bond donors (Lipinski definition) is 0. The number of halogens is 1. The number of ether oxygens (including phenoxy) is 1. The molecule has 2 aromatic heterocycles. The maximum atomic E-state index is 13.4. The van der Waals surface area contributed by atoms with Crippen molar-refractivity contribution in [3.8, 4) is 5.75 Å². The summed E-state index contributed by atoms with van der Waals surface area (Å²) in [5, 5.41) is 8.66. The molecule has 5 rings (SSSR count). The van der Waals surface area contributed by atoms with E-state index in [0.29, 0.717) is 24.4 Å². The number of fused-ring (bicyclic) bond motifs is 1. The van der Waals surface area contributed by atoms with Crippen LogP contribution >= 0.6 is 0 Å². The minimum atomic E-state index is -0.288. The van der Waals surface area contributed by atoms with Gasteiger partial charge >= 0.3 is 0 Å². The molecule has 4 aromatic rings. The van der Waals surface area contributed by atoms with Gasteiger partial charge in [0.15, 0.2) is 5.65 Å². The highest BCUT2D eigenvalue weighted by Gasteiger charge is 2.29. The lowest BCUT2D eigenvalue weighted by molar-refractivity contribution is 0.0699. The van der Waals surface area contributed by atoms with Gasteiger partial charge in [0, 0.05) is 25.2 Å². The van der Waals surface area contributed by atoms with Crippen molar-refractivity contribution in [3.63, 3.8) is 0 Å². The first-order valence-corrected chi connectivity index (χ1v) is 10.7. The molecule has 0 aliphatic carbocycles. The molecule has 3 heterocycles.